The molecular weight excluding hydrogens is 232 g/mol. The molecule has 0 heterocycles. The molecule has 0 saturated heterocycles. The van der Waals surface area contributed by atoms with Gasteiger partial charge >= 0.3 is 5.97 Å². The van der Waals surface area contributed by atoms with Gasteiger partial charge < -0.3 is 9.16 Å². The number of esters is 1. The maximum absolute atomic E-state index is 10.7. The molecule has 1 rings (SSSR count). The highest BCUT2D eigenvalue weighted by atomic mass is 28.2. The molecule has 0 amide bonds. The highest BCUT2D eigenvalue weighted by Gasteiger charge is 1.96. The third-order valence-electron chi connectivity index (χ3n) is 2.21. The number of carbonyl (C=O) groups excluding carboxylic acids is 1. The molecular formula is C13H18O3Si. The molecule has 0 saturated carbocycles. The number of hydrogen-bond acceptors (Lipinski definition) is 3. The van der Waals surface area contributed by atoms with Gasteiger partial charge in [0, 0.05) is 6.08 Å². The van der Waals surface area contributed by atoms with Gasteiger partial charge in [-0.15, -0.1) is 0 Å². The van der Waals surface area contributed by atoms with Crippen LogP contribution in [0.15, 0.2) is 43.0 Å². The monoisotopic (exact) mass is 250 g/mol. The lowest BCUT2D eigenvalue weighted by molar-refractivity contribution is -0.137. The van der Waals surface area contributed by atoms with Crippen molar-refractivity contribution >= 4 is 15.7 Å². The van der Waals surface area contributed by atoms with Crippen molar-refractivity contribution in [3.05, 3.63) is 48.6 Å². The fraction of sp³-hybridized carbons (Fsp3) is 0.308. The predicted molar refractivity (Wildman–Crippen MR) is 70.4 cm³/mol. The molecule has 4 heteroatoms. The Hall–Kier alpha value is -1.39. The summed E-state index contributed by atoms with van der Waals surface area (Å²) in [6.45, 7) is 4.49. The summed E-state index contributed by atoms with van der Waals surface area (Å²) < 4.78 is 10.5. The van der Waals surface area contributed by atoms with Gasteiger partial charge in [0.2, 0.25) is 0 Å². The molecule has 17 heavy (non-hydrogen) atoms. The zero-order valence-corrected chi connectivity index (χ0v) is 11.3. The zero-order valence-electron chi connectivity index (χ0n) is 9.93. The molecule has 0 spiro atoms. The molecule has 0 aliphatic rings. The molecule has 0 N–H and O–H groups in total. The van der Waals surface area contributed by atoms with Gasteiger partial charge in [0.1, 0.15) is 0 Å². The molecule has 0 aromatic heterocycles. The third-order valence-corrected chi connectivity index (χ3v) is 3.49. The van der Waals surface area contributed by atoms with E-state index in [1.165, 1.54) is 11.6 Å². The number of carbonyl (C=O) groups is 1. The second-order valence-electron chi connectivity index (χ2n) is 3.62. The van der Waals surface area contributed by atoms with Gasteiger partial charge in [0.15, 0.2) is 9.76 Å². The van der Waals surface area contributed by atoms with Crippen LogP contribution in [0.2, 0.25) is 6.04 Å². The van der Waals surface area contributed by atoms with Crippen molar-refractivity contribution in [3.63, 3.8) is 0 Å². The summed E-state index contributed by atoms with van der Waals surface area (Å²) in [6.07, 6.45) is 2.06. The zero-order chi connectivity index (χ0) is 12.3. The van der Waals surface area contributed by atoms with Gasteiger partial charge in [-0.1, -0.05) is 36.9 Å². The smallest absolute Gasteiger partial charge is 0.330 e. The Labute approximate surface area is 104 Å². The minimum absolute atomic E-state index is 0.350. The second-order valence-corrected chi connectivity index (χ2v) is 5.14. The van der Waals surface area contributed by atoms with Crippen molar-refractivity contribution in [1.29, 1.82) is 0 Å². The fourth-order valence-corrected chi connectivity index (χ4v) is 2.29. The molecule has 0 aliphatic heterocycles. The Morgan fingerprint density at radius 1 is 1.35 bits per heavy atom. The second kappa shape index (κ2) is 8.72. The highest BCUT2D eigenvalue weighted by Crippen LogP contribution is 2.01. The van der Waals surface area contributed by atoms with Crippen LogP contribution < -0.4 is 0 Å². The van der Waals surface area contributed by atoms with Crippen LogP contribution in [0, 0.1) is 0 Å². The average Bonchev–Trinajstić information content (AvgIpc) is 2.38. The van der Waals surface area contributed by atoms with Crippen LogP contribution in [0.1, 0.15) is 12.0 Å². The standard InChI is InChI=1S/C13H18O3Si/c1-2-13(14)15-9-6-10-17-16-11-12-7-4-3-5-8-12/h2-5,7-8H,1,6,9-11,17H2. The van der Waals surface area contributed by atoms with Crippen LogP contribution in [0.5, 0.6) is 0 Å². The summed E-state index contributed by atoms with van der Waals surface area (Å²) in [5, 5.41) is 0. The summed E-state index contributed by atoms with van der Waals surface area (Å²) in [5.74, 6) is -0.350. The number of benzene rings is 1. The molecule has 0 unspecified atom stereocenters. The lowest BCUT2D eigenvalue weighted by atomic mass is 10.2. The van der Waals surface area contributed by atoms with Crippen LogP contribution >= 0.6 is 0 Å². The molecule has 0 atom stereocenters. The lowest BCUT2D eigenvalue weighted by Gasteiger charge is -2.04. The number of ether oxygens (including phenoxy) is 1. The number of rotatable bonds is 8. The van der Waals surface area contributed by atoms with E-state index < -0.39 is 9.76 Å². The van der Waals surface area contributed by atoms with Gasteiger partial charge in [-0.3, -0.25) is 0 Å². The average molecular weight is 250 g/mol. The molecule has 92 valence electrons. The van der Waals surface area contributed by atoms with Crippen LogP contribution in [0.4, 0.5) is 0 Å². The first kappa shape index (κ1) is 13.7. The van der Waals surface area contributed by atoms with E-state index in [4.69, 9.17) is 9.16 Å². The molecule has 3 nitrogen and oxygen atoms in total. The molecule has 0 bridgehead atoms. The summed E-state index contributed by atoms with van der Waals surface area (Å²) in [7, 11) is -0.501. The van der Waals surface area contributed by atoms with Gasteiger partial charge in [0.25, 0.3) is 0 Å². The van der Waals surface area contributed by atoms with E-state index >= 15 is 0 Å². The molecule has 0 radical (unpaired) electrons. The normalized spacial score (nSPS) is 10.6. The SMILES string of the molecule is C=CC(=O)OCCC[SiH2]OCc1ccccc1. The Bertz CT molecular complexity index is 338. The summed E-state index contributed by atoms with van der Waals surface area (Å²) in [6, 6.07) is 11.1. The third kappa shape index (κ3) is 6.71. The van der Waals surface area contributed by atoms with Crippen molar-refractivity contribution in [2.45, 2.75) is 19.1 Å². The van der Waals surface area contributed by atoms with Crippen molar-refractivity contribution in [1.82, 2.24) is 0 Å². The van der Waals surface area contributed by atoms with Crippen LogP contribution in [-0.2, 0) is 20.6 Å². The summed E-state index contributed by atoms with van der Waals surface area (Å²) >= 11 is 0. The molecule has 0 aliphatic carbocycles. The Morgan fingerprint density at radius 3 is 2.82 bits per heavy atom. The Morgan fingerprint density at radius 2 is 2.12 bits per heavy atom. The van der Waals surface area contributed by atoms with E-state index in [0.29, 0.717) is 13.2 Å². The largest absolute Gasteiger partial charge is 0.463 e. The maximum atomic E-state index is 10.7. The van der Waals surface area contributed by atoms with Gasteiger partial charge in [-0.05, 0) is 18.0 Å². The lowest BCUT2D eigenvalue weighted by Crippen LogP contribution is -2.04. The van der Waals surface area contributed by atoms with Crippen LogP contribution in [0.3, 0.4) is 0 Å². The van der Waals surface area contributed by atoms with E-state index in [1.54, 1.807) is 0 Å². The Balaban J connectivity index is 1.95. The van der Waals surface area contributed by atoms with Gasteiger partial charge in [-0.25, -0.2) is 4.79 Å². The Kier molecular flexibility index (Phi) is 7.02. The molecule has 0 fully saturated rings. The van der Waals surface area contributed by atoms with E-state index in [2.05, 4.69) is 18.7 Å². The summed E-state index contributed by atoms with van der Waals surface area (Å²) in [5.41, 5.74) is 1.21. The fourth-order valence-electron chi connectivity index (χ4n) is 1.30. The van der Waals surface area contributed by atoms with Crippen molar-refractivity contribution in [2.75, 3.05) is 6.61 Å². The number of hydrogen-bond donors (Lipinski definition) is 0. The molecule has 1 aromatic rings. The minimum Gasteiger partial charge on any atom is -0.463 e. The maximum Gasteiger partial charge on any atom is 0.330 e. The van der Waals surface area contributed by atoms with Crippen molar-refractivity contribution in [2.24, 2.45) is 0 Å². The minimum atomic E-state index is -0.501. The first-order valence-electron chi connectivity index (χ1n) is 5.74. The van der Waals surface area contributed by atoms with E-state index in [0.717, 1.165) is 12.5 Å². The van der Waals surface area contributed by atoms with Crippen LogP contribution in [0.25, 0.3) is 0 Å². The topological polar surface area (TPSA) is 35.5 Å². The van der Waals surface area contributed by atoms with Crippen LogP contribution in [-0.4, -0.2) is 22.3 Å². The molecule has 1 aromatic carbocycles. The highest BCUT2D eigenvalue weighted by molar-refractivity contribution is 6.26. The summed E-state index contributed by atoms with van der Waals surface area (Å²) in [4.78, 5) is 10.7. The van der Waals surface area contributed by atoms with Crippen molar-refractivity contribution in [3.8, 4) is 0 Å². The van der Waals surface area contributed by atoms with E-state index in [1.807, 2.05) is 18.2 Å². The van der Waals surface area contributed by atoms with Crippen molar-refractivity contribution < 1.29 is 14.0 Å². The van der Waals surface area contributed by atoms with E-state index in [9.17, 15) is 4.79 Å². The quantitative estimate of drug-likeness (QED) is 0.305. The van der Waals surface area contributed by atoms with E-state index in [-0.39, 0.29) is 5.97 Å². The first-order valence-corrected chi connectivity index (χ1v) is 7.31. The van der Waals surface area contributed by atoms with Gasteiger partial charge in [-0.2, -0.15) is 0 Å². The predicted octanol–water partition coefficient (Wildman–Crippen LogP) is 1.82. The first-order chi connectivity index (χ1) is 8.33. The van der Waals surface area contributed by atoms with Gasteiger partial charge in [0.05, 0.1) is 13.2 Å².